The van der Waals surface area contributed by atoms with E-state index in [1.54, 1.807) is 45.4 Å². The summed E-state index contributed by atoms with van der Waals surface area (Å²) in [6, 6.07) is 10.7. The number of carbonyl (C=O) groups excluding carboxylic acids is 2. The maximum absolute atomic E-state index is 13.5. The van der Waals surface area contributed by atoms with E-state index in [1.165, 1.54) is 23.3 Å². The van der Waals surface area contributed by atoms with Gasteiger partial charge in [0.05, 0.1) is 12.3 Å². The Labute approximate surface area is 196 Å². The smallest absolute Gasteiger partial charge is 0.290 e. The molecule has 0 bridgehead atoms. The van der Waals surface area contributed by atoms with Gasteiger partial charge in [0, 0.05) is 17.5 Å². The van der Waals surface area contributed by atoms with Crippen molar-refractivity contribution in [1.82, 2.24) is 9.80 Å². The summed E-state index contributed by atoms with van der Waals surface area (Å²) < 4.78 is 24.5. The molecule has 0 N–H and O–H groups in total. The number of rotatable bonds is 8. The quantitative estimate of drug-likeness (QED) is 0.469. The van der Waals surface area contributed by atoms with E-state index in [4.69, 9.17) is 9.15 Å². The van der Waals surface area contributed by atoms with Crippen LogP contribution in [0.25, 0.3) is 0 Å². The molecule has 2 amide bonds. The van der Waals surface area contributed by atoms with E-state index in [2.05, 4.69) is 0 Å². The van der Waals surface area contributed by atoms with E-state index in [1.807, 2.05) is 25.3 Å². The third-order valence-electron chi connectivity index (χ3n) is 6.06. The lowest BCUT2D eigenvalue weighted by atomic mass is 10.00. The third-order valence-corrected chi connectivity index (χ3v) is 7.05. The van der Waals surface area contributed by atoms with Gasteiger partial charge in [-0.15, -0.1) is 11.3 Å². The lowest BCUT2D eigenvalue weighted by molar-refractivity contribution is -0.136. The van der Waals surface area contributed by atoms with Crippen molar-refractivity contribution in [3.63, 3.8) is 0 Å². The van der Waals surface area contributed by atoms with Crippen LogP contribution in [0, 0.1) is 5.82 Å². The number of amides is 2. The number of hydrogen-bond acceptors (Lipinski definition) is 5. The molecule has 0 radical (unpaired) electrons. The Hall–Kier alpha value is -3.13. The van der Waals surface area contributed by atoms with Crippen molar-refractivity contribution in [2.45, 2.75) is 38.8 Å². The summed E-state index contributed by atoms with van der Waals surface area (Å²) in [7, 11) is 0. The van der Waals surface area contributed by atoms with Gasteiger partial charge in [0.2, 0.25) is 5.91 Å². The van der Waals surface area contributed by atoms with Crippen molar-refractivity contribution in [1.29, 1.82) is 0 Å². The molecule has 2 aromatic heterocycles. The maximum atomic E-state index is 13.5. The zero-order valence-corrected chi connectivity index (χ0v) is 19.5. The minimum Gasteiger partial charge on any atom is -0.491 e. The molecule has 3 heterocycles. The zero-order valence-electron chi connectivity index (χ0n) is 18.7. The Bertz CT molecular complexity index is 1080. The Morgan fingerprint density at radius 3 is 2.76 bits per heavy atom. The monoisotopic (exact) mass is 470 g/mol. The molecule has 3 aromatic rings. The van der Waals surface area contributed by atoms with Crippen LogP contribution in [0.1, 0.15) is 47.3 Å². The molecule has 1 aliphatic rings. The lowest BCUT2D eigenvalue weighted by Crippen LogP contribution is -2.49. The Morgan fingerprint density at radius 2 is 2.06 bits per heavy atom. The van der Waals surface area contributed by atoms with Crippen LogP contribution in [0.15, 0.2) is 58.5 Å². The van der Waals surface area contributed by atoms with Gasteiger partial charge >= 0.3 is 0 Å². The van der Waals surface area contributed by atoms with Gasteiger partial charge in [-0.25, -0.2) is 4.39 Å². The van der Waals surface area contributed by atoms with E-state index < -0.39 is 0 Å². The molecular formula is C25H27FN2O4S. The van der Waals surface area contributed by atoms with Gasteiger partial charge in [-0.05, 0) is 73.2 Å². The number of nitrogens with zero attached hydrogens (tertiary/aromatic N) is 2. The lowest BCUT2D eigenvalue weighted by Gasteiger charge is -2.38. The molecule has 0 fully saturated rings. The standard InChI is InChI=1S/C25H27FN2O4S/c1-3-17(2)28(25(30)22-5-4-13-31-22)15-24(29)27-12-10-23-20(11-14-33-23)21(27)16-32-19-8-6-18(26)7-9-19/h4-9,11,13-14,17,21H,3,10,12,15-16H2,1-2H3/t17-,21+/m1/s1. The van der Waals surface area contributed by atoms with E-state index >= 15 is 0 Å². The summed E-state index contributed by atoms with van der Waals surface area (Å²) in [5, 5.41) is 2.02. The van der Waals surface area contributed by atoms with Crippen LogP contribution in [-0.2, 0) is 11.2 Å². The van der Waals surface area contributed by atoms with E-state index in [0.717, 1.165) is 12.0 Å². The van der Waals surface area contributed by atoms with Gasteiger partial charge < -0.3 is 19.0 Å². The molecular weight excluding hydrogens is 443 g/mol. The SMILES string of the molecule is CC[C@@H](C)N(CC(=O)N1CCc2sccc2[C@@H]1COc1ccc(F)cc1)C(=O)c1ccco1. The summed E-state index contributed by atoms with van der Waals surface area (Å²) >= 11 is 1.67. The number of fused-ring (bicyclic) bond motifs is 1. The zero-order chi connectivity index (χ0) is 23.4. The molecule has 0 unspecified atom stereocenters. The second-order valence-electron chi connectivity index (χ2n) is 8.08. The fraction of sp³-hybridized carbons (Fsp3) is 0.360. The molecule has 2 atom stereocenters. The normalized spacial score (nSPS) is 16.2. The van der Waals surface area contributed by atoms with Crippen LogP contribution in [0.2, 0.25) is 0 Å². The van der Waals surface area contributed by atoms with Gasteiger partial charge in [0.1, 0.15) is 24.7 Å². The van der Waals surface area contributed by atoms with Crippen molar-refractivity contribution in [2.24, 2.45) is 0 Å². The van der Waals surface area contributed by atoms with Crippen LogP contribution in [0.5, 0.6) is 5.75 Å². The van der Waals surface area contributed by atoms with Crippen molar-refractivity contribution in [3.05, 3.63) is 76.1 Å². The largest absolute Gasteiger partial charge is 0.491 e. The van der Waals surface area contributed by atoms with Crippen LogP contribution in [-0.4, -0.2) is 47.4 Å². The number of hydrogen-bond donors (Lipinski definition) is 0. The Kier molecular flexibility index (Phi) is 7.13. The molecule has 1 aliphatic heterocycles. The first-order valence-electron chi connectivity index (χ1n) is 11.1. The van der Waals surface area contributed by atoms with Gasteiger partial charge in [-0.1, -0.05) is 6.92 Å². The highest BCUT2D eigenvalue weighted by atomic mass is 32.1. The predicted molar refractivity (Wildman–Crippen MR) is 124 cm³/mol. The van der Waals surface area contributed by atoms with E-state index in [0.29, 0.717) is 18.7 Å². The summed E-state index contributed by atoms with van der Waals surface area (Å²) in [5.41, 5.74) is 1.06. The van der Waals surface area contributed by atoms with Crippen molar-refractivity contribution in [2.75, 3.05) is 19.7 Å². The molecule has 33 heavy (non-hydrogen) atoms. The predicted octanol–water partition coefficient (Wildman–Crippen LogP) is 4.93. The van der Waals surface area contributed by atoms with Gasteiger partial charge in [-0.3, -0.25) is 9.59 Å². The highest BCUT2D eigenvalue weighted by Crippen LogP contribution is 2.34. The number of carbonyl (C=O) groups is 2. The molecule has 8 heteroatoms. The van der Waals surface area contributed by atoms with Gasteiger partial charge in [0.15, 0.2) is 5.76 Å². The minimum atomic E-state index is -0.330. The molecule has 4 rings (SSSR count). The molecule has 0 saturated carbocycles. The third kappa shape index (κ3) is 5.11. The highest BCUT2D eigenvalue weighted by Gasteiger charge is 2.34. The fourth-order valence-electron chi connectivity index (χ4n) is 4.01. The second-order valence-corrected chi connectivity index (χ2v) is 9.09. The Morgan fingerprint density at radius 1 is 1.27 bits per heavy atom. The van der Waals surface area contributed by atoms with E-state index in [9.17, 15) is 14.0 Å². The molecule has 0 spiro atoms. The average Bonchev–Trinajstić information content (AvgIpc) is 3.53. The highest BCUT2D eigenvalue weighted by molar-refractivity contribution is 7.10. The number of benzene rings is 1. The summed E-state index contributed by atoms with van der Waals surface area (Å²) in [4.78, 5) is 31.1. The second kappa shape index (κ2) is 10.2. The topological polar surface area (TPSA) is 63.0 Å². The van der Waals surface area contributed by atoms with E-state index in [-0.39, 0.29) is 48.6 Å². The fourth-order valence-corrected chi connectivity index (χ4v) is 4.94. The number of thiophene rings is 1. The first-order chi connectivity index (χ1) is 16.0. The average molecular weight is 471 g/mol. The van der Waals surface area contributed by atoms with Crippen LogP contribution < -0.4 is 4.74 Å². The van der Waals surface area contributed by atoms with Crippen LogP contribution in [0.3, 0.4) is 0 Å². The molecule has 0 saturated heterocycles. The summed E-state index contributed by atoms with van der Waals surface area (Å²) in [6.07, 6.45) is 2.93. The van der Waals surface area contributed by atoms with Gasteiger partial charge in [0.25, 0.3) is 5.91 Å². The van der Waals surface area contributed by atoms with Crippen LogP contribution in [0.4, 0.5) is 4.39 Å². The summed E-state index contributed by atoms with van der Waals surface area (Å²) in [5.74, 6) is -0.00320. The Balaban J connectivity index is 1.53. The first kappa shape index (κ1) is 23.0. The number of ether oxygens (including phenoxy) is 1. The molecule has 0 aliphatic carbocycles. The maximum Gasteiger partial charge on any atom is 0.290 e. The van der Waals surface area contributed by atoms with Crippen molar-refractivity contribution < 1.29 is 23.1 Å². The number of halogens is 1. The summed E-state index contributed by atoms with van der Waals surface area (Å²) in [6.45, 7) is 4.66. The first-order valence-corrected chi connectivity index (χ1v) is 11.9. The molecule has 6 nitrogen and oxygen atoms in total. The molecule has 1 aromatic carbocycles. The van der Waals surface area contributed by atoms with Crippen molar-refractivity contribution >= 4 is 23.2 Å². The van der Waals surface area contributed by atoms with Gasteiger partial charge in [-0.2, -0.15) is 0 Å². The minimum absolute atomic E-state index is 0.0406. The van der Waals surface area contributed by atoms with Crippen LogP contribution >= 0.6 is 11.3 Å². The number of furan rings is 1. The molecule has 174 valence electrons. The van der Waals surface area contributed by atoms with Crippen molar-refractivity contribution in [3.8, 4) is 5.75 Å².